The lowest BCUT2D eigenvalue weighted by Gasteiger charge is -2.31. The summed E-state index contributed by atoms with van der Waals surface area (Å²) in [5.74, 6) is -0.220. The quantitative estimate of drug-likeness (QED) is 0.370. The van der Waals surface area contributed by atoms with E-state index in [1.807, 2.05) is 6.92 Å². The van der Waals surface area contributed by atoms with E-state index in [0.29, 0.717) is 41.4 Å². The van der Waals surface area contributed by atoms with Gasteiger partial charge in [-0.15, -0.1) is 0 Å². The second kappa shape index (κ2) is 13.5. The molecule has 0 aliphatic carbocycles. The van der Waals surface area contributed by atoms with Crippen LogP contribution < -0.4 is 5.32 Å². The standard InChI is InChI=1S/C26H34Cl2N2O2/c1-4-7-17-29-26(32)24(6-3)30(18-21-22(27)9-8-10-23(21)28)25(31)16-15-20-13-11-19(5-2)12-14-20/h8-14,24H,4-7,15-18H2,1-3H3,(H,29,32)/t24-/m1/s1. The maximum Gasteiger partial charge on any atom is 0.242 e. The van der Waals surface area contributed by atoms with Gasteiger partial charge in [0.1, 0.15) is 6.04 Å². The Morgan fingerprint density at radius 3 is 2.16 bits per heavy atom. The average molecular weight is 477 g/mol. The number of halogens is 2. The summed E-state index contributed by atoms with van der Waals surface area (Å²) in [5.41, 5.74) is 3.04. The van der Waals surface area contributed by atoms with E-state index < -0.39 is 6.04 Å². The number of rotatable bonds is 12. The molecule has 0 spiro atoms. The minimum Gasteiger partial charge on any atom is -0.354 e. The van der Waals surface area contributed by atoms with E-state index in [1.54, 1.807) is 23.1 Å². The van der Waals surface area contributed by atoms with Crippen LogP contribution >= 0.6 is 23.2 Å². The van der Waals surface area contributed by atoms with Gasteiger partial charge in [0.25, 0.3) is 0 Å². The molecule has 2 amide bonds. The van der Waals surface area contributed by atoms with Crippen LogP contribution in [-0.2, 0) is 29.0 Å². The van der Waals surface area contributed by atoms with Crippen molar-refractivity contribution >= 4 is 35.0 Å². The molecule has 0 aliphatic heterocycles. The molecule has 6 heteroatoms. The second-order valence-electron chi connectivity index (χ2n) is 7.96. The number of carbonyl (C=O) groups excluding carboxylic acids is 2. The van der Waals surface area contributed by atoms with Crippen LogP contribution in [0.1, 0.15) is 63.1 Å². The summed E-state index contributed by atoms with van der Waals surface area (Å²) in [6.07, 6.45) is 4.32. The molecule has 0 fully saturated rings. The molecule has 0 saturated heterocycles. The van der Waals surface area contributed by atoms with Gasteiger partial charge in [-0.2, -0.15) is 0 Å². The number of nitrogens with zero attached hydrogens (tertiary/aromatic N) is 1. The molecule has 0 saturated carbocycles. The summed E-state index contributed by atoms with van der Waals surface area (Å²) in [6, 6.07) is 13.0. The van der Waals surface area contributed by atoms with E-state index in [2.05, 4.69) is 43.4 Å². The van der Waals surface area contributed by atoms with Crippen molar-refractivity contribution in [2.45, 2.75) is 71.9 Å². The molecule has 0 aliphatic rings. The van der Waals surface area contributed by atoms with Gasteiger partial charge >= 0.3 is 0 Å². The minimum atomic E-state index is -0.575. The number of hydrogen-bond donors (Lipinski definition) is 1. The molecule has 2 aromatic carbocycles. The molecule has 32 heavy (non-hydrogen) atoms. The smallest absolute Gasteiger partial charge is 0.242 e. The topological polar surface area (TPSA) is 49.4 Å². The van der Waals surface area contributed by atoms with E-state index in [4.69, 9.17) is 23.2 Å². The molecule has 4 nitrogen and oxygen atoms in total. The Labute approximate surface area is 202 Å². The number of carbonyl (C=O) groups is 2. The molecule has 0 unspecified atom stereocenters. The lowest BCUT2D eigenvalue weighted by molar-refractivity contribution is -0.141. The molecule has 2 aromatic rings. The van der Waals surface area contributed by atoms with E-state index in [-0.39, 0.29) is 18.4 Å². The van der Waals surface area contributed by atoms with Gasteiger partial charge < -0.3 is 10.2 Å². The maximum atomic E-state index is 13.4. The van der Waals surface area contributed by atoms with Crippen molar-refractivity contribution in [2.24, 2.45) is 0 Å². The van der Waals surface area contributed by atoms with Gasteiger partial charge in [-0.1, -0.05) is 80.7 Å². The normalized spacial score (nSPS) is 11.8. The van der Waals surface area contributed by atoms with Crippen LogP contribution in [0.5, 0.6) is 0 Å². The number of unbranched alkanes of at least 4 members (excludes halogenated alkanes) is 1. The Bertz CT molecular complexity index is 864. The highest BCUT2D eigenvalue weighted by molar-refractivity contribution is 6.36. The third-order valence-corrected chi connectivity index (χ3v) is 6.37. The van der Waals surface area contributed by atoms with Crippen molar-refractivity contribution < 1.29 is 9.59 Å². The molecule has 0 heterocycles. The van der Waals surface area contributed by atoms with Crippen LogP contribution in [0.2, 0.25) is 10.0 Å². The van der Waals surface area contributed by atoms with Crippen molar-refractivity contribution in [3.63, 3.8) is 0 Å². The first kappa shape index (κ1) is 26.2. The van der Waals surface area contributed by atoms with Crippen molar-refractivity contribution in [2.75, 3.05) is 6.54 Å². The predicted molar refractivity (Wildman–Crippen MR) is 133 cm³/mol. The van der Waals surface area contributed by atoms with Gasteiger partial charge in [0, 0.05) is 35.1 Å². The maximum absolute atomic E-state index is 13.4. The van der Waals surface area contributed by atoms with Crippen LogP contribution in [-0.4, -0.2) is 29.3 Å². The molecule has 0 radical (unpaired) electrons. The van der Waals surface area contributed by atoms with Crippen LogP contribution in [0.4, 0.5) is 0 Å². The van der Waals surface area contributed by atoms with Crippen LogP contribution in [0.15, 0.2) is 42.5 Å². The van der Waals surface area contributed by atoms with E-state index in [0.717, 1.165) is 24.8 Å². The summed E-state index contributed by atoms with van der Waals surface area (Å²) >= 11 is 12.8. The van der Waals surface area contributed by atoms with E-state index >= 15 is 0 Å². The Morgan fingerprint density at radius 1 is 0.969 bits per heavy atom. The number of aryl methyl sites for hydroxylation is 2. The van der Waals surface area contributed by atoms with Crippen molar-refractivity contribution in [3.8, 4) is 0 Å². The number of hydrogen-bond acceptors (Lipinski definition) is 2. The van der Waals surface area contributed by atoms with Crippen molar-refractivity contribution in [1.29, 1.82) is 0 Å². The minimum absolute atomic E-state index is 0.0851. The summed E-state index contributed by atoms with van der Waals surface area (Å²) in [5, 5.41) is 3.96. The molecule has 1 N–H and O–H groups in total. The summed E-state index contributed by atoms with van der Waals surface area (Å²) in [7, 11) is 0. The number of benzene rings is 2. The van der Waals surface area contributed by atoms with E-state index in [9.17, 15) is 9.59 Å². The summed E-state index contributed by atoms with van der Waals surface area (Å²) in [6.45, 7) is 6.91. The molecular weight excluding hydrogens is 443 g/mol. The van der Waals surface area contributed by atoms with E-state index in [1.165, 1.54) is 5.56 Å². The van der Waals surface area contributed by atoms with Crippen molar-refractivity contribution in [3.05, 3.63) is 69.2 Å². The largest absolute Gasteiger partial charge is 0.354 e. The fourth-order valence-corrected chi connectivity index (χ4v) is 4.13. The summed E-state index contributed by atoms with van der Waals surface area (Å²) < 4.78 is 0. The fraction of sp³-hybridized carbons (Fsp3) is 0.462. The molecule has 2 rings (SSSR count). The van der Waals surface area contributed by atoms with Gasteiger partial charge in [-0.3, -0.25) is 9.59 Å². The molecular formula is C26H34Cl2N2O2. The van der Waals surface area contributed by atoms with Crippen molar-refractivity contribution in [1.82, 2.24) is 10.2 Å². The van der Waals surface area contributed by atoms with Crippen LogP contribution in [0.25, 0.3) is 0 Å². The Kier molecular flexibility index (Phi) is 11.1. The second-order valence-corrected chi connectivity index (χ2v) is 8.77. The van der Waals surface area contributed by atoms with Crippen LogP contribution in [0.3, 0.4) is 0 Å². The first-order valence-corrected chi connectivity index (χ1v) is 12.2. The van der Waals surface area contributed by atoms with Gasteiger partial charge in [0.05, 0.1) is 0 Å². The molecule has 1 atom stereocenters. The lowest BCUT2D eigenvalue weighted by Crippen LogP contribution is -2.49. The molecule has 0 aromatic heterocycles. The number of nitrogens with one attached hydrogen (secondary N) is 1. The van der Waals surface area contributed by atoms with Gasteiger partial charge in [0.15, 0.2) is 0 Å². The molecule has 174 valence electrons. The monoisotopic (exact) mass is 476 g/mol. The highest BCUT2D eigenvalue weighted by Crippen LogP contribution is 2.27. The highest BCUT2D eigenvalue weighted by atomic mass is 35.5. The average Bonchev–Trinajstić information content (AvgIpc) is 2.79. The first-order valence-electron chi connectivity index (χ1n) is 11.5. The fourth-order valence-electron chi connectivity index (χ4n) is 3.62. The predicted octanol–water partition coefficient (Wildman–Crippen LogP) is 6.21. The zero-order chi connectivity index (χ0) is 23.5. The highest BCUT2D eigenvalue weighted by Gasteiger charge is 2.29. The third-order valence-electron chi connectivity index (χ3n) is 5.66. The Morgan fingerprint density at radius 2 is 1.59 bits per heavy atom. The number of amides is 2. The zero-order valence-electron chi connectivity index (χ0n) is 19.3. The Balaban J connectivity index is 2.22. The third kappa shape index (κ3) is 7.53. The zero-order valence-corrected chi connectivity index (χ0v) is 20.8. The Hall–Kier alpha value is -2.04. The lowest BCUT2D eigenvalue weighted by atomic mass is 10.0. The van der Waals surface area contributed by atoms with Gasteiger partial charge in [-0.25, -0.2) is 0 Å². The molecule has 0 bridgehead atoms. The van der Waals surface area contributed by atoms with Gasteiger partial charge in [0.2, 0.25) is 11.8 Å². The first-order chi connectivity index (χ1) is 15.4. The summed E-state index contributed by atoms with van der Waals surface area (Å²) in [4.78, 5) is 27.9. The van der Waals surface area contributed by atoms with Crippen LogP contribution in [0, 0.1) is 0 Å². The van der Waals surface area contributed by atoms with Gasteiger partial charge in [-0.05, 0) is 48.9 Å². The SMILES string of the molecule is CCCCNC(=O)[C@@H](CC)N(Cc1c(Cl)cccc1Cl)C(=O)CCc1ccc(CC)cc1.